The summed E-state index contributed by atoms with van der Waals surface area (Å²) < 4.78 is 82.8. The van der Waals surface area contributed by atoms with Crippen LogP contribution in [0.15, 0.2) is 48.5 Å². The highest BCUT2D eigenvalue weighted by Gasteiger charge is 2.72. The van der Waals surface area contributed by atoms with Gasteiger partial charge in [0, 0.05) is 22.3 Å². The summed E-state index contributed by atoms with van der Waals surface area (Å²) in [5.74, 6) is -7.78. The zero-order valence-electron chi connectivity index (χ0n) is 13.4. The van der Waals surface area contributed by atoms with Crippen molar-refractivity contribution in [2.45, 2.75) is 17.8 Å². The molecule has 2 rings (SSSR count). The van der Waals surface area contributed by atoms with Gasteiger partial charge in [-0.25, -0.2) is 4.39 Å². The van der Waals surface area contributed by atoms with Gasteiger partial charge in [0.15, 0.2) is 0 Å². The highest BCUT2D eigenvalue weighted by molar-refractivity contribution is 5.93. The number of benzene rings is 2. The van der Waals surface area contributed by atoms with Crippen LogP contribution in [0.3, 0.4) is 0 Å². The van der Waals surface area contributed by atoms with E-state index in [-0.39, 0.29) is 11.1 Å². The summed E-state index contributed by atoms with van der Waals surface area (Å²) in [6.07, 6.45) is -6.23. The number of alkyl halides is 6. The first-order valence-electron chi connectivity index (χ1n) is 7.26. The molecule has 0 saturated heterocycles. The van der Waals surface area contributed by atoms with E-state index in [0.29, 0.717) is 24.3 Å². The number of amides is 2. The van der Waals surface area contributed by atoms with E-state index in [1.54, 1.807) is 0 Å². The van der Waals surface area contributed by atoms with Crippen LogP contribution in [0.2, 0.25) is 0 Å². The molecule has 2 amide bonds. The monoisotopic (exact) mass is 390 g/mol. The fraction of sp³-hybridized carbons (Fsp3) is 0.176. The predicted octanol–water partition coefficient (Wildman–Crippen LogP) is 3.30. The quantitative estimate of drug-likeness (QED) is 0.768. The van der Waals surface area contributed by atoms with Gasteiger partial charge in [0.1, 0.15) is 0 Å². The van der Waals surface area contributed by atoms with Gasteiger partial charge < -0.3 is 11.5 Å². The molecule has 0 aromatic heterocycles. The van der Waals surface area contributed by atoms with Gasteiger partial charge >= 0.3 is 12.1 Å². The van der Waals surface area contributed by atoms with Crippen LogP contribution >= 0.6 is 0 Å². The molecule has 0 aliphatic heterocycles. The van der Waals surface area contributed by atoms with Crippen molar-refractivity contribution in [1.82, 2.24) is 0 Å². The molecular formula is C17H12F6N2O2. The summed E-state index contributed by atoms with van der Waals surface area (Å²) in [5.41, 5.74) is 3.10. The number of carbonyl (C=O) groups is 2. The molecule has 0 bridgehead atoms. The van der Waals surface area contributed by atoms with Crippen LogP contribution in [0.1, 0.15) is 31.8 Å². The first kappa shape index (κ1) is 20.3. The molecule has 0 atom stereocenters. The molecule has 144 valence electrons. The van der Waals surface area contributed by atoms with E-state index in [4.69, 9.17) is 11.5 Å². The Labute approximate surface area is 148 Å². The average molecular weight is 390 g/mol. The van der Waals surface area contributed by atoms with Gasteiger partial charge in [-0.2, -0.15) is 22.0 Å². The Bertz CT molecular complexity index is 803. The summed E-state index contributed by atoms with van der Waals surface area (Å²) in [6, 6.07) is 5.77. The molecule has 0 saturated carbocycles. The van der Waals surface area contributed by atoms with Crippen molar-refractivity contribution in [2.75, 3.05) is 0 Å². The largest absolute Gasteiger partial charge is 0.457 e. The Morgan fingerprint density at radius 1 is 0.630 bits per heavy atom. The van der Waals surface area contributed by atoms with Gasteiger partial charge in [0.05, 0.1) is 0 Å². The summed E-state index contributed by atoms with van der Waals surface area (Å²) >= 11 is 0. The van der Waals surface area contributed by atoms with E-state index in [2.05, 4.69) is 0 Å². The van der Waals surface area contributed by atoms with E-state index in [1.165, 1.54) is 0 Å². The van der Waals surface area contributed by atoms with E-state index in [1.807, 2.05) is 0 Å². The van der Waals surface area contributed by atoms with Gasteiger partial charge in [0.2, 0.25) is 17.5 Å². The zero-order valence-corrected chi connectivity index (χ0v) is 13.4. The van der Waals surface area contributed by atoms with Crippen molar-refractivity contribution in [3.05, 3.63) is 70.8 Å². The van der Waals surface area contributed by atoms with Crippen LogP contribution < -0.4 is 11.5 Å². The second-order valence-electron chi connectivity index (χ2n) is 5.61. The van der Waals surface area contributed by atoms with E-state index in [9.17, 15) is 31.5 Å². The van der Waals surface area contributed by atoms with E-state index < -0.39 is 40.7 Å². The standard InChI is InChI=1S/C17H12F6N2O2/c18-15(16(19,20)17(21,22)23,11-5-1-9(2-6-11)13(24)26)12-7-3-10(4-8-12)14(25)27/h1-8H,(H2,24,26)(H2,25,27). The first-order valence-corrected chi connectivity index (χ1v) is 7.26. The Hall–Kier alpha value is -3.04. The second kappa shape index (κ2) is 6.60. The molecular weight excluding hydrogens is 378 g/mol. The van der Waals surface area contributed by atoms with Crippen LogP contribution in [-0.4, -0.2) is 23.9 Å². The third kappa shape index (κ3) is 3.34. The SMILES string of the molecule is NC(=O)c1ccc(C(F)(c2ccc(C(N)=O)cc2)C(F)(F)C(F)(F)F)cc1. The fourth-order valence-corrected chi connectivity index (χ4v) is 2.45. The van der Waals surface area contributed by atoms with Gasteiger partial charge in [-0.3, -0.25) is 9.59 Å². The van der Waals surface area contributed by atoms with Gasteiger partial charge in [-0.05, 0) is 24.3 Å². The number of hydrogen-bond donors (Lipinski definition) is 2. The maximum Gasteiger partial charge on any atom is 0.457 e. The van der Waals surface area contributed by atoms with Crippen LogP contribution in [0, 0.1) is 0 Å². The Balaban J connectivity index is 2.72. The van der Waals surface area contributed by atoms with Gasteiger partial charge in [-0.1, -0.05) is 24.3 Å². The molecule has 0 radical (unpaired) electrons. The Kier molecular flexibility index (Phi) is 4.96. The summed E-state index contributed by atoms with van der Waals surface area (Å²) in [5, 5.41) is 0. The van der Waals surface area contributed by atoms with Crippen molar-refractivity contribution in [3.8, 4) is 0 Å². The second-order valence-corrected chi connectivity index (χ2v) is 5.61. The maximum absolute atomic E-state index is 15.5. The summed E-state index contributed by atoms with van der Waals surface area (Å²) in [4.78, 5) is 22.1. The molecule has 0 spiro atoms. The molecule has 4 N–H and O–H groups in total. The number of primary amides is 2. The molecule has 0 aliphatic rings. The lowest BCUT2D eigenvalue weighted by atomic mass is 9.81. The molecule has 0 fully saturated rings. The van der Waals surface area contributed by atoms with Crippen molar-refractivity contribution in [2.24, 2.45) is 11.5 Å². The minimum Gasteiger partial charge on any atom is -0.366 e. The van der Waals surface area contributed by atoms with Crippen LogP contribution in [-0.2, 0) is 5.67 Å². The Morgan fingerprint density at radius 3 is 1.15 bits per heavy atom. The maximum atomic E-state index is 15.5. The van der Waals surface area contributed by atoms with Crippen LogP contribution in [0.25, 0.3) is 0 Å². The highest BCUT2D eigenvalue weighted by Crippen LogP contribution is 2.54. The van der Waals surface area contributed by atoms with Crippen molar-refractivity contribution >= 4 is 11.8 Å². The first-order chi connectivity index (χ1) is 12.3. The minimum absolute atomic E-state index is 0.208. The molecule has 0 heterocycles. The smallest absolute Gasteiger partial charge is 0.366 e. The predicted molar refractivity (Wildman–Crippen MR) is 82.8 cm³/mol. The third-order valence-corrected chi connectivity index (χ3v) is 3.92. The lowest BCUT2D eigenvalue weighted by Gasteiger charge is -2.35. The van der Waals surface area contributed by atoms with Crippen LogP contribution in [0.5, 0.6) is 0 Å². The van der Waals surface area contributed by atoms with Gasteiger partial charge in [0.25, 0.3) is 0 Å². The third-order valence-electron chi connectivity index (χ3n) is 3.92. The lowest BCUT2D eigenvalue weighted by molar-refractivity contribution is -0.323. The lowest BCUT2D eigenvalue weighted by Crippen LogP contribution is -2.53. The summed E-state index contributed by atoms with van der Waals surface area (Å²) in [6.45, 7) is 0. The number of halogens is 6. The summed E-state index contributed by atoms with van der Waals surface area (Å²) in [7, 11) is 0. The van der Waals surface area contributed by atoms with Crippen molar-refractivity contribution < 1.29 is 35.9 Å². The Morgan fingerprint density at radius 2 is 0.926 bits per heavy atom. The molecule has 2 aromatic rings. The van der Waals surface area contributed by atoms with Crippen molar-refractivity contribution in [3.63, 3.8) is 0 Å². The molecule has 27 heavy (non-hydrogen) atoms. The number of rotatable bonds is 5. The minimum atomic E-state index is -6.23. The van der Waals surface area contributed by atoms with Gasteiger partial charge in [-0.15, -0.1) is 0 Å². The van der Waals surface area contributed by atoms with E-state index >= 15 is 4.39 Å². The van der Waals surface area contributed by atoms with Crippen LogP contribution in [0.4, 0.5) is 26.3 Å². The average Bonchev–Trinajstić information content (AvgIpc) is 2.60. The molecule has 2 aromatic carbocycles. The number of carbonyl (C=O) groups excluding carboxylic acids is 2. The normalized spacial score (nSPS) is 12.7. The molecule has 10 heteroatoms. The number of nitrogens with two attached hydrogens (primary N) is 2. The molecule has 4 nitrogen and oxygen atoms in total. The molecule has 0 unspecified atom stereocenters. The van der Waals surface area contributed by atoms with E-state index in [0.717, 1.165) is 24.3 Å². The number of hydrogen-bond acceptors (Lipinski definition) is 2. The zero-order chi connectivity index (χ0) is 20.6. The topological polar surface area (TPSA) is 86.2 Å². The fourth-order valence-electron chi connectivity index (χ4n) is 2.45. The highest BCUT2D eigenvalue weighted by atomic mass is 19.4. The molecule has 0 aliphatic carbocycles. The van der Waals surface area contributed by atoms with Crippen molar-refractivity contribution in [1.29, 1.82) is 0 Å².